The van der Waals surface area contributed by atoms with Gasteiger partial charge in [-0.25, -0.2) is 13.8 Å². The molecule has 1 fully saturated rings. The van der Waals surface area contributed by atoms with Crippen LogP contribution >= 0.6 is 0 Å². The summed E-state index contributed by atoms with van der Waals surface area (Å²) < 4.78 is 28.5. The van der Waals surface area contributed by atoms with Gasteiger partial charge in [0, 0.05) is 88.4 Å². The van der Waals surface area contributed by atoms with Crippen molar-refractivity contribution >= 4 is 34.7 Å². The number of nitrogens with zero attached hydrogens (tertiary/aromatic N) is 5. The second-order valence-electron chi connectivity index (χ2n) is 12.2. The van der Waals surface area contributed by atoms with E-state index in [0.29, 0.717) is 46.7 Å². The second kappa shape index (κ2) is 12.6. The lowest BCUT2D eigenvalue weighted by Crippen LogP contribution is -2.42. The maximum absolute atomic E-state index is 13.7. The Balaban J connectivity index is 1.26. The number of nitrogens with one attached hydrogen (secondary N) is 1. The van der Waals surface area contributed by atoms with E-state index in [9.17, 15) is 28.3 Å². The molecule has 2 aromatic carbocycles. The van der Waals surface area contributed by atoms with E-state index in [2.05, 4.69) is 10.3 Å². The third-order valence-electron chi connectivity index (χ3n) is 8.84. The molecule has 2 N–H and O–H groups in total. The molecule has 2 aromatic heterocycles. The highest BCUT2D eigenvalue weighted by molar-refractivity contribution is 6.09. The molecule has 12 heteroatoms. The first-order chi connectivity index (χ1) is 22.5. The van der Waals surface area contributed by atoms with Crippen LogP contribution in [0.5, 0.6) is 0 Å². The molecule has 2 aliphatic heterocycles. The molecule has 1 saturated heterocycles. The van der Waals surface area contributed by atoms with E-state index in [1.807, 2.05) is 55.4 Å². The number of amides is 2. The minimum atomic E-state index is -2.75. The van der Waals surface area contributed by atoms with E-state index >= 15 is 0 Å². The van der Waals surface area contributed by atoms with Crippen LogP contribution in [0.4, 0.5) is 31.7 Å². The fourth-order valence-corrected chi connectivity index (χ4v) is 6.15. The van der Waals surface area contributed by atoms with Gasteiger partial charge >= 0.3 is 0 Å². The van der Waals surface area contributed by atoms with Gasteiger partial charge < -0.3 is 29.7 Å². The summed E-state index contributed by atoms with van der Waals surface area (Å²) >= 11 is 0. The predicted molar refractivity (Wildman–Crippen MR) is 177 cm³/mol. The number of aliphatic hydroxyl groups is 1. The molecule has 4 heterocycles. The lowest BCUT2D eigenvalue weighted by Gasteiger charge is -2.31. The Bertz CT molecular complexity index is 1900. The number of rotatable bonds is 7. The number of aryl methyl sites for hydroxylation is 1. The Hall–Kier alpha value is -5.10. The van der Waals surface area contributed by atoms with Gasteiger partial charge in [0.2, 0.25) is 0 Å². The lowest BCUT2D eigenvalue weighted by molar-refractivity contribution is -0.0494. The number of aliphatic hydroxyl groups excluding tert-OH is 1. The fourth-order valence-electron chi connectivity index (χ4n) is 6.15. The van der Waals surface area contributed by atoms with Gasteiger partial charge in [0.1, 0.15) is 11.5 Å². The summed E-state index contributed by atoms with van der Waals surface area (Å²) in [4.78, 5) is 49.0. The van der Waals surface area contributed by atoms with E-state index in [0.717, 1.165) is 11.3 Å². The highest BCUT2D eigenvalue weighted by Gasteiger charge is 2.36. The van der Waals surface area contributed by atoms with Crippen LogP contribution in [0.15, 0.2) is 71.8 Å². The normalized spacial score (nSPS) is 15.7. The Labute approximate surface area is 270 Å². The Morgan fingerprint density at radius 2 is 1.79 bits per heavy atom. The molecule has 0 aliphatic carbocycles. The molecule has 2 aliphatic rings. The van der Waals surface area contributed by atoms with Gasteiger partial charge in [-0.1, -0.05) is 12.1 Å². The van der Waals surface area contributed by atoms with Crippen molar-refractivity contribution < 1.29 is 23.5 Å². The smallest absolute Gasteiger partial charge is 0.274 e. The molecule has 0 bridgehead atoms. The van der Waals surface area contributed by atoms with Crippen LogP contribution in [0.2, 0.25) is 0 Å². The molecule has 2 amide bonds. The van der Waals surface area contributed by atoms with Crippen molar-refractivity contribution in [2.75, 3.05) is 48.8 Å². The maximum Gasteiger partial charge on any atom is 0.274 e. The van der Waals surface area contributed by atoms with E-state index in [4.69, 9.17) is 0 Å². The number of alkyl halides is 2. The molecule has 6 rings (SSSR count). The van der Waals surface area contributed by atoms with Crippen LogP contribution in [0, 0.1) is 0 Å². The van der Waals surface area contributed by atoms with Crippen molar-refractivity contribution in [3.05, 3.63) is 99.6 Å². The molecule has 0 radical (unpaired) electrons. The standard InChI is InChI=1S/C35H36F2N6O4/c1-40(2)25-8-9-27-22(17-25)11-14-43(33(27)46)30-6-4-5-26(28(30)21-44)24-18-29(34(47)41(3)20-24)39-31-10-7-23(19-38-31)32(45)42-15-12-35(36,37)13-16-42/h4-10,17-20,44H,11-16,21H2,1-3H3,(H,38,39). The summed E-state index contributed by atoms with van der Waals surface area (Å²) in [5.74, 6) is -2.95. The molecular formula is C35H36F2N6O4. The number of anilines is 4. The molecule has 0 saturated carbocycles. The Kier molecular flexibility index (Phi) is 8.54. The summed E-state index contributed by atoms with van der Waals surface area (Å²) in [5.41, 5.74) is 5.22. The maximum atomic E-state index is 13.7. The number of hydrogen-bond acceptors (Lipinski definition) is 7. The summed E-state index contributed by atoms with van der Waals surface area (Å²) in [5, 5.41) is 13.6. The first-order valence-corrected chi connectivity index (χ1v) is 15.4. The summed E-state index contributed by atoms with van der Waals surface area (Å²) in [6, 6.07) is 16.0. The first kappa shape index (κ1) is 31.9. The number of aromatic nitrogens is 2. The number of benzene rings is 2. The molecule has 10 nitrogen and oxygen atoms in total. The van der Waals surface area contributed by atoms with Crippen molar-refractivity contribution in [2.45, 2.75) is 31.8 Å². The van der Waals surface area contributed by atoms with Crippen molar-refractivity contribution in [3.8, 4) is 11.1 Å². The summed E-state index contributed by atoms with van der Waals surface area (Å²) in [6.45, 7) is 0.0672. The van der Waals surface area contributed by atoms with Crippen molar-refractivity contribution in [1.82, 2.24) is 14.5 Å². The van der Waals surface area contributed by atoms with E-state index < -0.39 is 5.92 Å². The zero-order valence-corrected chi connectivity index (χ0v) is 26.5. The largest absolute Gasteiger partial charge is 0.392 e. The van der Waals surface area contributed by atoms with Crippen LogP contribution < -0.4 is 20.7 Å². The van der Waals surface area contributed by atoms with Crippen molar-refractivity contribution in [3.63, 3.8) is 0 Å². The molecular weight excluding hydrogens is 606 g/mol. The van der Waals surface area contributed by atoms with Gasteiger partial charge in [0.25, 0.3) is 23.3 Å². The zero-order chi connectivity index (χ0) is 33.5. The lowest BCUT2D eigenvalue weighted by atomic mass is 9.94. The summed E-state index contributed by atoms with van der Waals surface area (Å²) in [6.07, 6.45) is 2.95. The number of likely N-dealkylation sites (tertiary alicyclic amines) is 1. The first-order valence-electron chi connectivity index (χ1n) is 15.4. The quantitative estimate of drug-likeness (QED) is 0.297. The Morgan fingerprint density at radius 1 is 1.02 bits per heavy atom. The average Bonchev–Trinajstić information content (AvgIpc) is 3.06. The van der Waals surface area contributed by atoms with Crippen LogP contribution in [-0.4, -0.2) is 71.0 Å². The number of fused-ring (bicyclic) bond motifs is 1. The number of pyridine rings is 2. The minimum absolute atomic E-state index is 0.0253. The zero-order valence-electron chi connectivity index (χ0n) is 26.5. The highest BCUT2D eigenvalue weighted by Crippen LogP contribution is 2.35. The summed E-state index contributed by atoms with van der Waals surface area (Å²) in [7, 11) is 5.53. The topological polar surface area (TPSA) is 111 Å². The molecule has 244 valence electrons. The van der Waals surface area contributed by atoms with Gasteiger partial charge in [0.05, 0.1) is 17.9 Å². The molecule has 0 spiro atoms. The average molecular weight is 643 g/mol. The van der Waals surface area contributed by atoms with Gasteiger partial charge in [-0.3, -0.25) is 14.4 Å². The number of hydrogen-bond donors (Lipinski definition) is 2. The van der Waals surface area contributed by atoms with E-state index in [1.165, 1.54) is 15.7 Å². The highest BCUT2D eigenvalue weighted by atomic mass is 19.3. The monoisotopic (exact) mass is 642 g/mol. The molecule has 0 atom stereocenters. The van der Waals surface area contributed by atoms with Gasteiger partial charge in [-0.05, 0) is 60.0 Å². The SMILES string of the molecule is CN(C)c1ccc2c(c1)CCN(c1cccc(-c3cc(Nc4ccc(C(=O)N5CCC(F)(F)CC5)cn4)c(=O)n(C)c3)c1CO)C2=O. The second-order valence-corrected chi connectivity index (χ2v) is 12.2. The van der Waals surface area contributed by atoms with Crippen LogP contribution in [0.3, 0.4) is 0 Å². The van der Waals surface area contributed by atoms with Gasteiger partial charge in [-0.2, -0.15) is 0 Å². The van der Waals surface area contributed by atoms with Crippen LogP contribution in [0.25, 0.3) is 11.1 Å². The van der Waals surface area contributed by atoms with Crippen LogP contribution in [-0.2, 0) is 20.1 Å². The minimum Gasteiger partial charge on any atom is -0.392 e. The Morgan fingerprint density at radius 3 is 2.47 bits per heavy atom. The number of piperidine rings is 1. The van der Waals surface area contributed by atoms with Crippen molar-refractivity contribution in [2.24, 2.45) is 7.05 Å². The van der Waals surface area contributed by atoms with Gasteiger partial charge in [-0.15, -0.1) is 0 Å². The molecule has 0 unspecified atom stereocenters. The van der Waals surface area contributed by atoms with Crippen molar-refractivity contribution in [1.29, 1.82) is 0 Å². The van der Waals surface area contributed by atoms with Crippen LogP contribution in [0.1, 0.15) is 44.7 Å². The fraction of sp³-hybridized carbons (Fsp3) is 0.314. The number of carbonyl (C=O) groups excluding carboxylic acids is 2. The van der Waals surface area contributed by atoms with Gasteiger partial charge in [0.15, 0.2) is 0 Å². The number of carbonyl (C=O) groups is 2. The molecule has 4 aromatic rings. The third kappa shape index (κ3) is 6.33. The predicted octanol–water partition coefficient (Wildman–Crippen LogP) is 4.82. The number of halogens is 2. The van der Waals surface area contributed by atoms with E-state index in [-0.39, 0.29) is 61.2 Å². The molecule has 47 heavy (non-hydrogen) atoms. The third-order valence-corrected chi connectivity index (χ3v) is 8.84. The van der Waals surface area contributed by atoms with E-state index in [1.54, 1.807) is 36.3 Å².